The van der Waals surface area contributed by atoms with Crippen LogP contribution in [-0.2, 0) is 4.79 Å². The number of carbonyl (C=O) groups excluding carboxylic acids is 1. The lowest BCUT2D eigenvalue weighted by Crippen LogP contribution is -2.27. The highest BCUT2D eigenvalue weighted by atomic mass is 16.2. The molecule has 0 saturated carbocycles. The number of benzene rings is 3. The third-order valence-electron chi connectivity index (χ3n) is 4.42. The Balaban J connectivity index is 1.63. The van der Waals surface area contributed by atoms with Gasteiger partial charge >= 0.3 is 0 Å². The predicted molar refractivity (Wildman–Crippen MR) is 109 cm³/mol. The number of hydrazone groups is 1. The van der Waals surface area contributed by atoms with Crippen LogP contribution in [0.3, 0.4) is 0 Å². The van der Waals surface area contributed by atoms with Gasteiger partial charge in [0.25, 0.3) is 5.91 Å². The SMILES string of the molecule is CC(=NNC(=O)CNc1c(C)cccc1C)c1ccc2ccccc2c1. The number of nitrogens with one attached hydrogen (secondary N) is 2. The van der Waals surface area contributed by atoms with Crippen LogP contribution in [0.4, 0.5) is 5.69 Å². The third-order valence-corrected chi connectivity index (χ3v) is 4.42. The fourth-order valence-corrected chi connectivity index (χ4v) is 2.93. The van der Waals surface area contributed by atoms with E-state index >= 15 is 0 Å². The molecule has 0 fully saturated rings. The molecule has 4 nitrogen and oxygen atoms in total. The Morgan fingerprint density at radius 1 is 0.923 bits per heavy atom. The van der Waals surface area contributed by atoms with Crippen LogP contribution in [0, 0.1) is 13.8 Å². The number of aryl methyl sites for hydroxylation is 2. The molecule has 0 aromatic heterocycles. The first-order chi connectivity index (χ1) is 12.5. The summed E-state index contributed by atoms with van der Waals surface area (Å²) in [4.78, 5) is 12.1. The summed E-state index contributed by atoms with van der Waals surface area (Å²) in [6, 6.07) is 20.4. The molecular formula is C22H23N3O. The predicted octanol–water partition coefficient (Wildman–Crippen LogP) is 4.41. The highest BCUT2D eigenvalue weighted by Crippen LogP contribution is 2.19. The molecule has 26 heavy (non-hydrogen) atoms. The van der Waals surface area contributed by atoms with E-state index in [1.165, 1.54) is 5.39 Å². The molecule has 2 N–H and O–H groups in total. The first-order valence-electron chi connectivity index (χ1n) is 8.67. The van der Waals surface area contributed by atoms with Gasteiger partial charge in [-0.3, -0.25) is 4.79 Å². The fraction of sp³-hybridized carbons (Fsp3) is 0.182. The van der Waals surface area contributed by atoms with E-state index in [4.69, 9.17) is 0 Å². The number of nitrogens with zero attached hydrogens (tertiary/aromatic N) is 1. The summed E-state index contributed by atoms with van der Waals surface area (Å²) in [5, 5.41) is 9.76. The Kier molecular flexibility index (Phi) is 5.32. The smallest absolute Gasteiger partial charge is 0.259 e. The minimum atomic E-state index is -0.173. The molecule has 0 radical (unpaired) electrons. The summed E-state index contributed by atoms with van der Waals surface area (Å²) in [6.45, 7) is 6.12. The molecular weight excluding hydrogens is 322 g/mol. The van der Waals surface area contributed by atoms with E-state index in [0.29, 0.717) is 0 Å². The van der Waals surface area contributed by atoms with Gasteiger partial charge in [0.2, 0.25) is 0 Å². The quantitative estimate of drug-likeness (QED) is 0.532. The largest absolute Gasteiger partial charge is 0.376 e. The molecule has 0 unspecified atom stereocenters. The van der Waals surface area contributed by atoms with Crippen molar-refractivity contribution in [3.8, 4) is 0 Å². The number of anilines is 1. The maximum atomic E-state index is 12.1. The lowest BCUT2D eigenvalue weighted by molar-refractivity contribution is -0.119. The second kappa shape index (κ2) is 7.83. The first-order valence-corrected chi connectivity index (χ1v) is 8.67. The second-order valence-electron chi connectivity index (χ2n) is 6.41. The minimum absolute atomic E-state index is 0.173. The van der Waals surface area contributed by atoms with E-state index in [-0.39, 0.29) is 12.5 Å². The molecule has 3 aromatic carbocycles. The van der Waals surface area contributed by atoms with Crippen molar-refractivity contribution in [1.82, 2.24) is 5.43 Å². The van der Waals surface area contributed by atoms with Crippen molar-refractivity contribution in [1.29, 1.82) is 0 Å². The molecule has 0 aliphatic rings. The van der Waals surface area contributed by atoms with E-state index in [2.05, 4.69) is 40.1 Å². The van der Waals surface area contributed by atoms with Gasteiger partial charge in [0.05, 0.1) is 12.3 Å². The summed E-state index contributed by atoms with van der Waals surface area (Å²) in [5.41, 5.74) is 7.63. The minimum Gasteiger partial charge on any atom is -0.376 e. The normalized spacial score (nSPS) is 11.4. The fourth-order valence-electron chi connectivity index (χ4n) is 2.93. The van der Waals surface area contributed by atoms with E-state index in [1.807, 2.05) is 57.2 Å². The molecule has 3 rings (SSSR count). The van der Waals surface area contributed by atoms with Gasteiger partial charge in [0.1, 0.15) is 0 Å². The van der Waals surface area contributed by atoms with E-state index in [0.717, 1.165) is 33.5 Å². The number of hydrogen-bond acceptors (Lipinski definition) is 3. The molecule has 0 atom stereocenters. The van der Waals surface area contributed by atoms with Crippen LogP contribution in [0.5, 0.6) is 0 Å². The Morgan fingerprint density at radius 2 is 1.62 bits per heavy atom. The Labute approximate surface area is 153 Å². The zero-order valence-corrected chi connectivity index (χ0v) is 15.3. The second-order valence-corrected chi connectivity index (χ2v) is 6.41. The van der Waals surface area contributed by atoms with Crippen LogP contribution >= 0.6 is 0 Å². The van der Waals surface area contributed by atoms with Crippen molar-refractivity contribution in [2.75, 3.05) is 11.9 Å². The van der Waals surface area contributed by atoms with Crippen molar-refractivity contribution in [2.45, 2.75) is 20.8 Å². The van der Waals surface area contributed by atoms with Gasteiger partial charge in [-0.05, 0) is 54.3 Å². The van der Waals surface area contributed by atoms with E-state index in [1.54, 1.807) is 0 Å². The number of carbonyl (C=O) groups is 1. The Bertz CT molecular complexity index is 956. The average Bonchev–Trinajstić information content (AvgIpc) is 2.65. The zero-order valence-electron chi connectivity index (χ0n) is 15.3. The summed E-state index contributed by atoms with van der Waals surface area (Å²) < 4.78 is 0. The van der Waals surface area contributed by atoms with E-state index < -0.39 is 0 Å². The standard InChI is InChI=1S/C22H23N3O/c1-15-7-6-8-16(2)22(15)23-14-21(26)25-24-17(3)19-12-11-18-9-4-5-10-20(18)13-19/h4-13,23H,14H2,1-3H3,(H,25,26). The maximum Gasteiger partial charge on any atom is 0.259 e. The first kappa shape index (κ1) is 17.7. The van der Waals surface area contributed by atoms with Gasteiger partial charge in [-0.25, -0.2) is 5.43 Å². The lowest BCUT2D eigenvalue weighted by Gasteiger charge is -2.11. The molecule has 0 heterocycles. The van der Waals surface area contributed by atoms with Crippen molar-refractivity contribution in [3.63, 3.8) is 0 Å². The van der Waals surface area contributed by atoms with Crippen LogP contribution in [0.1, 0.15) is 23.6 Å². The Morgan fingerprint density at radius 3 is 2.35 bits per heavy atom. The number of rotatable bonds is 5. The highest BCUT2D eigenvalue weighted by molar-refractivity contribution is 6.02. The van der Waals surface area contributed by atoms with Gasteiger partial charge < -0.3 is 5.32 Å². The molecule has 1 amide bonds. The van der Waals surface area contributed by atoms with Gasteiger partial charge in [-0.15, -0.1) is 0 Å². The molecule has 0 saturated heterocycles. The summed E-state index contributed by atoms with van der Waals surface area (Å²) >= 11 is 0. The van der Waals surface area contributed by atoms with Gasteiger partial charge in [-0.2, -0.15) is 5.10 Å². The van der Waals surface area contributed by atoms with Gasteiger partial charge in [-0.1, -0.05) is 54.6 Å². The summed E-state index contributed by atoms with van der Waals surface area (Å²) in [6.07, 6.45) is 0. The third kappa shape index (κ3) is 4.09. The lowest BCUT2D eigenvalue weighted by atomic mass is 10.0. The Hall–Kier alpha value is -3.14. The van der Waals surface area contributed by atoms with Gasteiger partial charge in [0, 0.05) is 5.69 Å². The van der Waals surface area contributed by atoms with Crippen molar-refractivity contribution in [3.05, 3.63) is 77.4 Å². The molecule has 132 valence electrons. The summed E-state index contributed by atoms with van der Waals surface area (Å²) in [7, 11) is 0. The molecule has 4 heteroatoms. The average molecular weight is 345 g/mol. The van der Waals surface area contributed by atoms with Crippen LogP contribution in [0.15, 0.2) is 65.8 Å². The highest BCUT2D eigenvalue weighted by Gasteiger charge is 2.05. The molecule has 0 aliphatic heterocycles. The monoisotopic (exact) mass is 345 g/mol. The zero-order chi connectivity index (χ0) is 18.5. The van der Waals surface area contributed by atoms with Crippen LogP contribution < -0.4 is 10.7 Å². The number of para-hydroxylation sites is 1. The van der Waals surface area contributed by atoms with Crippen molar-refractivity contribution < 1.29 is 4.79 Å². The van der Waals surface area contributed by atoms with Crippen molar-refractivity contribution >= 4 is 28.1 Å². The number of hydrogen-bond donors (Lipinski definition) is 2. The van der Waals surface area contributed by atoms with Crippen LogP contribution in [-0.4, -0.2) is 18.2 Å². The molecule has 0 aliphatic carbocycles. The summed E-state index contributed by atoms with van der Waals surface area (Å²) in [5.74, 6) is -0.173. The molecule has 0 spiro atoms. The number of amides is 1. The number of fused-ring (bicyclic) bond motifs is 1. The van der Waals surface area contributed by atoms with Gasteiger partial charge in [0.15, 0.2) is 0 Å². The molecule has 3 aromatic rings. The topological polar surface area (TPSA) is 53.5 Å². The van der Waals surface area contributed by atoms with E-state index in [9.17, 15) is 4.79 Å². The maximum absolute atomic E-state index is 12.1. The van der Waals surface area contributed by atoms with Crippen LogP contribution in [0.2, 0.25) is 0 Å². The van der Waals surface area contributed by atoms with Crippen LogP contribution in [0.25, 0.3) is 10.8 Å². The van der Waals surface area contributed by atoms with Crippen molar-refractivity contribution in [2.24, 2.45) is 5.10 Å². The molecule has 0 bridgehead atoms.